The predicted molar refractivity (Wildman–Crippen MR) is 74.5 cm³/mol. The van der Waals surface area contributed by atoms with E-state index in [-0.39, 0.29) is 11.9 Å². The molecule has 5 nitrogen and oxygen atoms in total. The molecule has 0 fully saturated rings. The number of likely N-dealkylation sites (N-methyl/N-ethyl adjacent to an activating group) is 1. The van der Waals surface area contributed by atoms with E-state index >= 15 is 0 Å². The number of rotatable bonds is 5. The summed E-state index contributed by atoms with van der Waals surface area (Å²) in [5, 5.41) is 2.97. The average molecular weight is 250 g/mol. The fraction of sp³-hybridized carbons (Fsp3) is 0.462. The van der Waals surface area contributed by atoms with Crippen molar-refractivity contribution in [2.45, 2.75) is 19.9 Å². The summed E-state index contributed by atoms with van der Waals surface area (Å²) in [5.41, 5.74) is 4.94. The number of aryl methyl sites for hydroxylation is 1. The van der Waals surface area contributed by atoms with Crippen molar-refractivity contribution in [2.75, 3.05) is 26.1 Å². The third kappa shape index (κ3) is 4.01. The molecule has 0 spiro atoms. The summed E-state index contributed by atoms with van der Waals surface area (Å²) in [4.78, 5) is 14.1. The molecular weight excluding hydrogens is 228 g/mol. The molecule has 1 atom stereocenters. The van der Waals surface area contributed by atoms with Gasteiger partial charge in [-0.05, 0) is 51.7 Å². The van der Waals surface area contributed by atoms with Crippen molar-refractivity contribution >= 4 is 11.6 Å². The lowest BCUT2D eigenvalue weighted by Gasteiger charge is -2.19. The van der Waals surface area contributed by atoms with E-state index < -0.39 is 0 Å². The Morgan fingerprint density at radius 3 is 2.61 bits per heavy atom. The lowest BCUT2D eigenvalue weighted by molar-refractivity contribution is 0.0934. The van der Waals surface area contributed by atoms with Crippen molar-refractivity contribution in [1.82, 2.24) is 10.2 Å². The summed E-state index contributed by atoms with van der Waals surface area (Å²) in [5.74, 6) is 5.27. The number of hydrazine groups is 1. The summed E-state index contributed by atoms with van der Waals surface area (Å²) in [6.07, 6.45) is 0. The van der Waals surface area contributed by atoms with Crippen LogP contribution in [0.15, 0.2) is 18.2 Å². The largest absolute Gasteiger partial charge is 0.348 e. The Morgan fingerprint density at radius 1 is 1.44 bits per heavy atom. The Labute approximate surface area is 108 Å². The SMILES string of the molecule is Cc1cc(NN)ccc1C(=O)NC(C)CN(C)C. The molecule has 0 radical (unpaired) electrons. The second-order valence-corrected chi connectivity index (χ2v) is 4.81. The number of nitrogen functional groups attached to an aromatic ring is 1. The van der Waals surface area contributed by atoms with Crippen LogP contribution in [0, 0.1) is 6.92 Å². The molecule has 0 saturated heterocycles. The molecule has 100 valence electrons. The second-order valence-electron chi connectivity index (χ2n) is 4.81. The standard InChI is InChI=1S/C13H22N4O/c1-9-7-11(16-14)5-6-12(9)13(18)15-10(2)8-17(3)4/h5-7,10,16H,8,14H2,1-4H3,(H,15,18). The number of benzene rings is 1. The van der Waals surface area contributed by atoms with Crippen LogP contribution in [0.1, 0.15) is 22.8 Å². The van der Waals surface area contributed by atoms with Gasteiger partial charge in [0.15, 0.2) is 0 Å². The predicted octanol–water partition coefficient (Wildman–Crippen LogP) is 0.961. The van der Waals surface area contributed by atoms with E-state index in [1.54, 1.807) is 12.1 Å². The number of nitrogens with zero attached hydrogens (tertiary/aromatic N) is 1. The average Bonchev–Trinajstić information content (AvgIpc) is 2.27. The minimum absolute atomic E-state index is 0.0505. The van der Waals surface area contributed by atoms with E-state index in [1.807, 2.05) is 38.9 Å². The van der Waals surface area contributed by atoms with E-state index in [9.17, 15) is 4.79 Å². The molecule has 0 aromatic heterocycles. The Bertz CT molecular complexity index is 417. The summed E-state index contributed by atoms with van der Waals surface area (Å²) in [6, 6.07) is 5.53. The Morgan fingerprint density at radius 2 is 2.11 bits per heavy atom. The van der Waals surface area contributed by atoms with Gasteiger partial charge in [-0.1, -0.05) is 0 Å². The van der Waals surface area contributed by atoms with Gasteiger partial charge in [0.1, 0.15) is 0 Å². The topological polar surface area (TPSA) is 70.4 Å². The molecular formula is C13H22N4O. The molecule has 5 heteroatoms. The third-order valence-corrected chi connectivity index (χ3v) is 2.65. The van der Waals surface area contributed by atoms with Gasteiger partial charge in [-0.25, -0.2) is 0 Å². The Hall–Kier alpha value is -1.59. The Balaban J connectivity index is 2.72. The quantitative estimate of drug-likeness (QED) is 0.538. The van der Waals surface area contributed by atoms with Gasteiger partial charge in [0.2, 0.25) is 0 Å². The molecule has 1 aromatic rings. The smallest absolute Gasteiger partial charge is 0.251 e. The van der Waals surface area contributed by atoms with Crippen LogP contribution < -0.4 is 16.6 Å². The highest BCUT2D eigenvalue weighted by Crippen LogP contribution is 2.14. The second kappa shape index (κ2) is 6.37. The van der Waals surface area contributed by atoms with Crippen molar-refractivity contribution in [3.05, 3.63) is 29.3 Å². The van der Waals surface area contributed by atoms with Gasteiger partial charge in [0.05, 0.1) is 0 Å². The van der Waals surface area contributed by atoms with Gasteiger partial charge in [-0.3, -0.25) is 10.6 Å². The van der Waals surface area contributed by atoms with Crippen LogP contribution in [0.3, 0.4) is 0 Å². The van der Waals surface area contributed by atoms with Crippen molar-refractivity contribution < 1.29 is 4.79 Å². The zero-order valence-electron chi connectivity index (χ0n) is 11.4. The summed E-state index contributed by atoms with van der Waals surface area (Å²) >= 11 is 0. The third-order valence-electron chi connectivity index (χ3n) is 2.65. The van der Waals surface area contributed by atoms with Crippen molar-refractivity contribution in [2.24, 2.45) is 5.84 Å². The molecule has 4 N–H and O–H groups in total. The number of carbonyl (C=O) groups is 1. The van der Waals surface area contributed by atoms with E-state index in [0.29, 0.717) is 5.56 Å². The van der Waals surface area contributed by atoms with Crippen LogP contribution in [0.2, 0.25) is 0 Å². The molecule has 0 saturated carbocycles. The van der Waals surface area contributed by atoms with E-state index in [4.69, 9.17) is 5.84 Å². The van der Waals surface area contributed by atoms with Crippen molar-refractivity contribution in [1.29, 1.82) is 0 Å². The molecule has 0 bridgehead atoms. The summed E-state index contributed by atoms with van der Waals surface area (Å²) in [6.45, 7) is 4.70. The van der Waals surface area contributed by atoms with E-state index in [2.05, 4.69) is 10.7 Å². The maximum Gasteiger partial charge on any atom is 0.251 e. The van der Waals surface area contributed by atoms with E-state index in [1.165, 1.54) is 0 Å². The number of anilines is 1. The van der Waals surface area contributed by atoms with Crippen LogP contribution in [-0.2, 0) is 0 Å². The van der Waals surface area contributed by atoms with Gasteiger partial charge in [0, 0.05) is 23.8 Å². The van der Waals surface area contributed by atoms with Crippen LogP contribution in [0.5, 0.6) is 0 Å². The molecule has 18 heavy (non-hydrogen) atoms. The first kappa shape index (κ1) is 14.5. The van der Waals surface area contributed by atoms with Gasteiger partial charge in [-0.2, -0.15) is 0 Å². The van der Waals surface area contributed by atoms with Gasteiger partial charge < -0.3 is 15.6 Å². The van der Waals surface area contributed by atoms with Crippen LogP contribution in [0.4, 0.5) is 5.69 Å². The van der Waals surface area contributed by atoms with E-state index in [0.717, 1.165) is 17.8 Å². The maximum atomic E-state index is 12.1. The van der Waals surface area contributed by atoms with Crippen LogP contribution in [-0.4, -0.2) is 37.5 Å². The highest BCUT2D eigenvalue weighted by atomic mass is 16.1. The maximum absolute atomic E-state index is 12.1. The fourth-order valence-electron chi connectivity index (χ4n) is 1.90. The van der Waals surface area contributed by atoms with Gasteiger partial charge >= 0.3 is 0 Å². The fourth-order valence-corrected chi connectivity index (χ4v) is 1.90. The van der Waals surface area contributed by atoms with Gasteiger partial charge in [-0.15, -0.1) is 0 Å². The molecule has 1 amide bonds. The normalized spacial score (nSPS) is 12.3. The zero-order chi connectivity index (χ0) is 13.7. The minimum Gasteiger partial charge on any atom is -0.348 e. The Kier molecular flexibility index (Phi) is 5.12. The highest BCUT2D eigenvalue weighted by Gasteiger charge is 2.12. The molecule has 0 heterocycles. The minimum atomic E-state index is -0.0505. The number of nitrogens with two attached hydrogens (primary N) is 1. The summed E-state index contributed by atoms with van der Waals surface area (Å²) in [7, 11) is 3.96. The van der Waals surface area contributed by atoms with Gasteiger partial charge in [0.25, 0.3) is 5.91 Å². The number of hydrogen-bond donors (Lipinski definition) is 3. The first-order chi connectivity index (χ1) is 8.43. The van der Waals surface area contributed by atoms with Crippen molar-refractivity contribution in [3.63, 3.8) is 0 Å². The van der Waals surface area contributed by atoms with Crippen LogP contribution >= 0.6 is 0 Å². The number of nitrogens with one attached hydrogen (secondary N) is 2. The molecule has 0 aliphatic carbocycles. The number of carbonyl (C=O) groups excluding carboxylic acids is 1. The zero-order valence-corrected chi connectivity index (χ0v) is 11.4. The lowest BCUT2D eigenvalue weighted by Crippen LogP contribution is -2.39. The van der Waals surface area contributed by atoms with Crippen molar-refractivity contribution in [3.8, 4) is 0 Å². The first-order valence-corrected chi connectivity index (χ1v) is 5.97. The number of hydrogen-bond acceptors (Lipinski definition) is 4. The lowest BCUT2D eigenvalue weighted by atomic mass is 10.1. The highest BCUT2D eigenvalue weighted by molar-refractivity contribution is 5.96. The first-order valence-electron chi connectivity index (χ1n) is 5.97. The monoisotopic (exact) mass is 250 g/mol. The molecule has 0 aliphatic heterocycles. The molecule has 1 rings (SSSR count). The van der Waals surface area contributed by atoms with Crippen LogP contribution in [0.25, 0.3) is 0 Å². The molecule has 0 aliphatic rings. The molecule has 1 aromatic carbocycles. The molecule has 1 unspecified atom stereocenters. The summed E-state index contributed by atoms with van der Waals surface area (Å²) < 4.78 is 0. The number of amides is 1.